The number of rotatable bonds is 6. The first-order chi connectivity index (χ1) is 15.0. The van der Waals surface area contributed by atoms with Crippen molar-refractivity contribution < 1.29 is 19.1 Å². The van der Waals surface area contributed by atoms with Gasteiger partial charge in [0.25, 0.3) is 5.91 Å². The number of hydrogen-bond acceptors (Lipinski definition) is 4. The molecule has 0 saturated carbocycles. The van der Waals surface area contributed by atoms with Crippen molar-refractivity contribution in [2.45, 2.75) is 26.2 Å². The van der Waals surface area contributed by atoms with Gasteiger partial charge < -0.3 is 19.9 Å². The molecule has 1 unspecified atom stereocenters. The van der Waals surface area contributed by atoms with Crippen LogP contribution in [0.15, 0.2) is 54.6 Å². The zero-order chi connectivity index (χ0) is 22.2. The van der Waals surface area contributed by atoms with Gasteiger partial charge in [0.05, 0.1) is 23.8 Å². The van der Waals surface area contributed by atoms with Gasteiger partial charge >= 0.3 is 6.09 Å². The lowest BCUT2D eigenvalue weighted by atomic mass is 9.95. The fourth-order valence-electron chi connectivity index (χ4n) is 3.73. The third-order valence-electron chi connectivity index (χ3n) is 5.43. The molecule has 0 aromatic heterocycles. The molecule has 1 N–H and O–H groups in total. The molecule has 3 amide bonds. The molecular weight excluding hydrogens is 394 g/mol. The Hall–Kier alpha value is -3.35. The average Bonchev–Trinajstić information content (AvgIpc) is 2.80. The highest BCUT2D eigenvalue weighted by Crippen LogP contribution is 2.24. The molecule has 0 spiro atoms. The van der Waals surface area contributed by atoms with Crippen LogP contribution in [-0.4, -0.2) is 60.5 Å². The normalized spacial score (nSPS) is 14.6. The van der Waals surface area contributed by atoms with E-state index < -0.39 is 0 Å². The Morgan fingerprint density at radius 3 is 2.16 bits per heavy atom. The van der Waals surface area contributed by atoms with Gasteiger partial charge in [0.1, 0.15) is 0 Å². The quantitative estimate of drug-likeness (QED) is 0.768. The second-order valence-corrected chi connectivity index (χ2v) is 7.38. The molecule has 2 aromatic carbocycles. The predicted octanol–water partition coefficient (Wildman–Crippen LogP) is 3.73. The second kappa shape index (κ2) is 10.6. The van der Waals surface area contributed by atoms with Gasteiger partial charge in [-0.3, -0.25) is 9.59 Å². The van der Waals surface area contributed by atoms with E-state index in [4.69, 9.17) is 4.74 Å². The molecule has 0 aliphatic carbocycles. The fraction of sp³-hybridized carbons (Fsp3) is 0.375. The van der Waals surface area contributed by atoms with Gasteiger partial charge in [0, 0.05) is 26.2 Å². The van der Waals surface area contributed by atoms with E-state index in [1.807, 2.05) is 37.3 Å². The van der Waals surface area contributed by atoms with Crippen molar-refractivity contribution >= 4 is 23.6 Å². The highest BCUT2D eigenvalue weighted by atomic mass is 16.6. The Morgan fingerprint density at radius 2 is 1.52 bits per heavy atom. The van der Waals surface area contributed by atoms with E-state index in [1.54, 1.807) is 41.0 Å². The number of hydrogen-bond donors (Lipinski definition) is 1. The van der Waals surface area contributed by atoms with Crippen molar-refractivity contribution in [1.29, 1.82) is 0 Å². The van der Waals surface area contributed by atoms with E-state index in [-0.39, 0.29) is 23.8 Å². The number of para-hydroxylation sites is 1. The second-order valence-electron chi connectivity index (χ2n) is 7.38. The maximum Gasteiger partial charge on any atom is 0.409 e. The fourth-order valence-corrected chi connectivity index (χ4v) is 3.73. The van der Waals surface area contributed by atoms with Crippen LogP contribution in [0.5, 0.6) is 0 Å². The zero-order valence-electron chi connectivity index (χ0n) is 18.0. The standard InChI is InChI=1S/C24H29N3O4/c1-3-19(18-10-6-5-7-11-18)22(28)25-21-13-9-8-12-20(21)23(29)26-14-16-27(17-15-26)24(30)31-4-2/h5-13,19H,3-4,14-17H2,1-2H3,(H,25,28). The van der Waals surface area contributed by atoms with Crippen molar-refractivity contribution in [3.05, 3.63) is 65.7 Å². The molecule has 0 bridgehead atoms. The molecule has 164 valence electrons. The van der Waals surface area contributed by atoms with E-state index >= 15 is 0 Å². The molecule has 1 heterocycles. The maximum absolute atomic E-state index is 13.2. The summed E-state index contributed by atoms with van der Waals surface area (Å²) >= 11 is 0. The minimum Gasteiger partial charge on any atom is -0.450 e. The summed E-state index contributed by atoms with van der Waals surface area (Å²) in [5.74, 6) is -0.592. The lowest BCUT2D eigenvalue weighted by molar-refractivity contribution is -0.117. The summed E-state index contributed by atoms with van der Waals surface area (Å²) in [6, 6.07) is 16.7. The monoisotopic (exact) mass is 423 g/mol. The molecule has 7 heteroatoms. The van der Waals surface area contributed by atoms with Gasteiger partial charge in [-0.1, -0.05) is 49.4 Å². The first-order valence-corrected chi connectivity index (χ1v) is 10.7. The summed E-state index contributed by atoms with van der Waals surface area (Å²) in [5, 5.41) is 2.95. The Labute approximate surface area is 183 Å². The van der Waals surface area contributed by atoms with Gasteiger partial charge in [-0.05, 0) is 31.0 Å². The molecule has 1 fully saturated rings. The Morgan fingerprint density at radius 1 is 0.903 bits per heavy atom. The maximum atomic E-state index is 13.2. The molecule has 1 aliphatic heterocycles. The van der Waals surface area contributed by atoms with Crippen LogP contribution in [0.3, 0.4) is 0 Å². The van der Waals surface area contributed by atoms with Crippen molar-refractivity contribution in [2.24, 2.45) is 0 Å². The number of carbonyl (C=O) groups excluding carboxylic acids is 3. The summed E-state index contributed by atoms with van der Waals surface area (Å²) in [6.45, 7) is 5.74. The molecule has 1 saturated heterocycles. The van der Waals surface area contributed by atoms with Gasteiger partial charge in [0.2, 0.25) is 5.91 Å². The van der Waals surface area contributed by atoms with Crippen LogP contribution in [0.4, 0.5) is 10.5 Å². The summed E-state index contributed by atoms with van der Waals surface area (Å²) in [7, 11) is 0. The van der Waals surface area contributed by atoms with E-state index in [0.717, 1.165) is 5.56 Å². The lowest BCUT2D eigenvalue weighted by Gasteiger charge is -2.34. The van der Waals surface area contributed by atoms with Crippen LogP contribution in [0.1, 0.15) is 42.1 Å². The van der Waals surface area contributed by atoms with Gasteiger partial charge in [0.15, 0.2) is 0 Å². The number of benzene rings is 2. The van der Waals surface area contributed by atoms with Crippen LogP contribution in [0.2, 0.25) is 0 Å². The molecule has 1 atom stereocenters. The topological polar surface area (TPSA) is 79.0 Å². The highest BCUT2D eigenvalue weighted by Gasteiger charge is 2.27. The smallest absolute Gasteiger partial charge is 0.409 e. The predicted molar refractivity (Wildman–Crippen MR) is 119 cm³/mol. The molecule has 3 rings (SSSR count). The van der Waals surface area contributed by atoms with E-state index in [0.29, 0.717) is 50.5 Å². The minimum absolute atomic E-state index is 0.138. The molecule has 2 aromatic rings. The molecular formula is C24H29N3O4. The van der Waals surface area contributed by atoms with Crippen LogP contribution < -0.4 is 5.32 Å². The third kappa shape index (κ3) is 5.42. The largest absolute Gasteiger partial charge is 0.450 e. The number of nitrogens with zero attached hydrogens (tertiary/aromatic N) is 2. The number of amides is 3. The molecule has 31 heavy (non-hydrogen) atoms. The summed E-state index contributed by atoms with van der Waals surface area (Å²) in [4.78, 5) is 41.3. The average molecular weight is 424 g/mol. The SMILES string of the molecule is CCOC(=O)N1CCN(C(=O)c2ccccc2NC(=O)C(CC)c2ccccc2)CC1. The molecule has 7 nitrogen and oxygen atoms in total. The van der Waals surface area contributed by atoms with E-state index in [1.165, 1.54) is 0 Å². The van der Waals surface area contributed by atoms with Crippen LogP contribution in [0, 0.1) is 0 Å². The third-order valence-corrected chi connectivity index (χ3v) is 5.43. The number of nitrogens with one attached hydrogen (secondary N) is 1. The van der Waals surface area contributed by atoms with Gasteiger partial charge in [-0.25, -0.2) is 4.79 Å². The number of ether oxygens (including phenoxy) is 1. The Bertz CT molecular complexity index is 908. The Kier molecular flexibility index (Phi) is 7.65. The van der Waals surface area contributed by atoms with Gasteiger partial charge in [-0.2, -0.15) is 0 Å². The van der Waals surface area contributed by atoms with Crippen molar-refractivity contribution in [3.8, 4) is 0 Å². The first kappa shape index (κ1) is 22.3. The van der Waals surface area contributed by atoms with Crippen LogP contribution in [0.25, 0.3) is 0 Å². The number of anilines is 1. The zero-order valence-corrected chi connectivity index (χ0v) is 18.0. The minimum atomic E-state index is -0.353. The van der Waals surface area contributed by atoms with Gasteiger partial charge in [-0.15, -0.1) is 0 Å². The van der Waals surface area contributed by atoms with Crippen LogP contribution >= 0.6 is 0 Å². The summed E-state index contributed by atoms with van der Waals surface area (Å²) < 4.78 is 5.03. The summed E-state index contributed by atoms with van der Waals surface area (Å²) in [5.41, 5.74) is 1.89. The van der Waals surface area contributed by atoms with Crippen molar-refractivity contribution in [3.63, 3.8) is 0 Å². The lowest BCUT2D eigenvalue weighted by Crippen LogP contribution is -2.50. The van der Waals surface area contributed by atoms with Crippen molar-refractivity contribution in [2.75, 3.05) is 38.1 Å². The van der Waals surface area contributed by atoms with E-state index in [9.17, 15) is 14.4 Å². The highest BCUT2D eigenvalue weighted by molar-refractivity contribution is 6.05. The van der Waals surface area contributed by atoms with E-state index in [2.05, 4.69) is 5.32 Å². The molecule has 1 aliphatic rings. The molecule has 0 radical (unpaired) electrons. The number of carbonyl (C=O) groups is 3. The van der Waals surface area contributed by atoms with Crippen LogP contribution in [-0.2, 0) is 9.53 Å². The first-order valence-electron chi connectivity index (χ1n) is 10.7. The summed E-state index contributed by atoms with van der Waals surface area (Å²) in [6.07, 6.45) is 0.302. The number of piperazine rings is 1. The Balaban J connectivity index is 1.70. The van der Waals surface area contributed by atoms with Crippen molar-refractivity contribution in [1.82, 2.24) is 9.80 Å².